The Morgan fingerprint density at radius 1 is 1.20 bits per heavy atom. The fourth-order valence-corrected chi connectivity index (χ4v) is 4.85. The first-order chi connectivity index (χ1) is 12.1. The normalized spacial score (nSPS) is 19.0. The molecule has 2 aromatic rings. The summed E-state index contributed by atoms with van der Waals surface area (Å²) in [4.78, 5) is 26.8. The van der Waals surface area contributed by atoms with E-state index in [1.165, 1.54) is 4.88 Å². The summed E-state index contributed by atoms with van der Waals surface area (Å²) in [6.45, 7) is 1.08. The molecule has 0 radical (unpaired) electrons. The van der Waals surface area contributed by atoms with Gasteiger partial charge in [0, 0.05) is 22.1 Å². The van der Waals surface area contributed by atoms with Gasteiger partial charge in [-0.05, 0) is 55.5 Å². The van der Waals surface area contributed by atoms with E-state index >= 15 is 0 Å². The molecule has 1 aromatic heterocycles. The summed E-state index contributed by atoms with van der Waals surface area (Å²) in [7, 11) is 0. The highest BCUT2D eigenvalue weighted by molar-refractivity contribution is 7.17. The lowest BCUT2D eigenvalue weighted by Gasteiger charge is -2.11. The number of carbonyl (C=O) groups excluding carboxylic acids is 2. The van der Waals surface area contributed by atoms with Gasteiger partial charge in [-0.25, -0.2) is 0 Å². The highest BCUT2D eigenvalue weighted by Crippen LogP contribution is 2.40. The number of halogens is 1. The summed E-state index contributed by atoms with van der Waals surface area (Å²) in [5, 5.41) is 4.28. The zero-order valence-corrected chi connectivity index (χ0v) is 15.2. The molecule has 4 nitrogen and oxygen atoms in total. The van der Waals surface area contributed by atoms with Crippen molar-refractivity contribution in [3.8, 4) is 0 Å². The monoisotopic (exact) mass is 375 g/mol. The van der Waals surface area contributed by atoms with E-state index in [2.05, 4.69) is 5.32 Å². The van der Waals surface area contributed by atoms with Gasteiger partial charge in [0.25, 0.3) is 0 Å². The highest BCUT2D eigenvalue weighted by atomic mass is 35.5. The summed E-state index contributed by atoms with van der Waals surface area (Å²) >= 11 is 7.47. The van der Waals surface area contributed by atoms with Crippen molar-refractivity contribution in [2.75, 3.05) is 18.5 Å². The van der Waals surface area contributed by atoms with Crippen LogP contribution in [0.4, 0.5) is 5.00 Å². The van der Waals surface area contributed by atoms with Gasteiger partial charge in [-0.2, -0.15) is 0 Å². The Hall–Kier alpha value is -1.69. The maximum Gasteiger partial charge on any atom is 0.230 e. The smallest absolute Gasteiger partial charge is 0.230 e. The molecular formula is C19H18ClNO3S. The number of carbonyl (C=O) groups is 2. The number of rotatable bonds is 4. The molecule has 1 aliphatic carbocycles. The molecule has 1 fully saturated rings. The molecule has 0 bridgehead atoms. The summed E-state index contributed by atoms with van der Waals surface area (Å²) in [6, 6.07) is 6.91. The molecule has 1 saturated heterocycles. The Kier molecular flexibility index (Phi) is 4.63. The van der Waals surface area contributed by atoms with Crippen LogP contribution < -0.4 is 5.32 Å². The van der Waals surface area contributed by atoms with E-state index in [4.69, 9.17) is 16.3 Å². The fraction of sp³-hybridized carbons (Fsp3) is 0.368. The average molecular weight is 376 g/mol. The van der Waals surface area contributed by atoms with Gasteiger partial charge in [0.1, 0.15) is 5.00 Å². The number of aryl methyl sites for hydroxylation is 1. The van der Waals surface area contributed by atoms with Crippen LogP contribution in [-0.2, 0) is 22.4 Å². The van der Waals surface area contributed by atoms with E-state index in [0.29, 0.717) is 34.4 Å². The molecule has 1 amide bonds. The van der Waals surface area contributed by atoms with Gasteiger partial charge in [0.2, 0.25) is 5.91 Å². The lowest BCUT2D eigenvalue weighted by Crippen LogP contribution is -2.23. The van der Waals surface area contributed by atoms with Crippen LogP contribution in [-0.4, -0.2) is 24.9 Å². The Balaban J connectivity index is 1.67. The standard InChI is InChI=1S/C19H18ClNO3S/c20-13-6-4-11(5-7-13)17(22)16-14-2-1-3-15(14)25-19(16)21-18(23)12-8-9-24-10-12/h4-7,12H,1-3,8-10H2,(H,21,23)/t12-/m0/s1. The molecule has 1 N–H and O–H groups in total. The van der Waals surface area contributed by atoms with Crippen LogP contribution in [0.25, 0.3) is 0 Å². The zero-order chi connectivity index (χ0) is 17.4. The van der Waals surface area contributed by atoms with E-state index in [0.717, 1.165) is 31.2 Å². The molecule has 4 rings (SSSR count). The molecule has 6 heteroatoms. The Labute approximate surface area is 155 Å². The molecule has 0 spiro atoms. The van der Waals surface area contributed by atoms with Crippen molar-refractivity contribution < 1.29 is 14.3 Å². The van der Waals surface area contributed by atoms with Crippen molar-refractivity contribution in [1.29, 1.82) is 0 Å². The largest absolute Gasteiger partial charge is 0.381 e. The van der Waals surface area contributed by atoms with Crippen LogP contribution in [0.3, 0.4) is 0 Å². The Bertz CT molecular complexity index is 822. The minimum absolute atomic E-state index is 0.0472. The molecular weight excluding hydrogens is 358 g/mol. The van der Waals surface area contributed by atoms with E-state index in [1.54, 1.807) is 35.6 Å². The molecule has 0 saturated carbocycles. The van der Waals surface area contributed by atoms with Crippen LogP contribution in [0.1, 0.15) is 39.2 Å². The number of anilines is 1. The van der Waals surface area contributed by atoms with Gasteiger partial charge >= 0.3 is 0 Å². The molecule has 0 unspecified atom stereocenters. The second kappa shape index (κ2) is 6.90. The lowest BCUT2D eigenvalue weighted by atomic mass is 10.00. The van der Waals surface area contributed by atoms with Gasteiger partial charge in [-0.3, -0.25) is 9.59 Å². The summed E-state index contributed by atoms with van der Waals surface area (Å²) in [5.41, 5.74) is 2.35. The molecule has 1 aromatic carbocycles. The van der Waals surface area contributed by atoms with Crippen LogP contribution in [0.15, 0.2) is 24.3 Å². The van der Waals surface area contributed by atoms with Crippen molar-refractivity contribution in [3.05, 3.63) is 50.9 Å². The van der Waals surface area contributed by atoms with Crippen molar-refractivity contribution in [2.45, 2.75) is 25.7 Å². The SMILES string of the molecule is O=C(c1ccc(Cl)cc1)c1c(NC(=O)[C@H]2CCOC2)sc2c1CCC2. The topological polar surface area (TPSA) is 55.4 Å². The van der Waals surface area contributed by atoms with Gasteiger partial charge in [-0.1, -0.05) is 11.6 Å². The number of hydrogen-bond donors (Lipinski definition) is 1. The third-order valence-corrected chi connectivity index (χ3v) is 6.25. The minimum atomic E-state index is -0.129. The molecule has 2 heterocycles. The third-order valence-electron chi connectivity index (χ3n) is 4.79. The Morgan fingerprint density at radius 3 is 2.72 bits per heavy atom. The van der Waals surface area contributed by atoms with Crippen LogP contribution in [0, 0.1) is 5.92 Å². The molecule has 25 heavy (non-hydrogen) atoms. The molecule has 2 aliphatic rings. The maximum absolute atomic E-state index is 13.1. The summed E-state index contributed by atoms with van der Waals surface area (Å²) in [5.74, 6) is -0.230. The van der Waals surface area contributed by atoms with E-state index in [-0.39, 0.29) is 17.6 Å². The first-order valence-electron chi connectivity index (χ1n) is 8.47. The van der Waals surface area contributed by atoms with Gasteiger partial charge in [0.05, 0.1) is 18.1 Å². The second-order valence-electron chi connectivity index (χ2n) is 6.45. The number of thiophene rings is 1. The van der Waals surface area contributed by atoms with Gasteiger partial charge in [0.15, 0.2) is 5.78 Å². The number of ether oxygens (including phenoxy) is 1. The predicted molar refractivity (Wildman–Crippen MR) is 98.8 cm³/mol. The number of amides is 1. The molecule has 1 atom stereocenters. The lowest BCUT2D eigenvalue weighted by molar-refractivity contribution is -0.119. The van der Waals surface area contributed by atoms with E-state index < -0.39 is 0 Å². The quantitative estimate of drug-likeness (QED) is 0.818. The maximum atomic E-state index is 13.1. The number of fused-ring (bicyclic) bond motifs is 1. The second-order valence-corrected chi connectivity index (χ2v) is 7.99. The predicted octanol–water partition coefficient (Wildman–Crippen LogP) is 4.10. The van der Waals surface area contributed by atoms with Crippen molar-refractivity contribution >= 4 is 39.6 Å². The van der Waals surface area contributed by atoms with E-state index in [1.807, 2.05) is 0 Å². The summed E-state index contributed by atoms with van der Waals surface area (Å²) < 4.78 is 5.30. The summed E-state index contributed by atoms with van der Waals surface area (Å²) in [6.07, 6.45) is 3.66. The number of benzene rings is 1. The molecule has 130 valence electrons. The van der Waals surface area contributed by atoms with Crippen molar-refractivity contribution in [1.82, 2.24) is 0 Å². The highest BCUT2D eigenvalue weighted by Gasteiger charge is 2.30. The number of ketones is 1. The van der Waals surface area contributed by atoms with Gasteiger partial charge in [-0.15, -0.1) is 11.3 Å². The Morgan fingerprint density at radius 2 is 2.00 bits per heavy atom. The van der Waals surface area contributed by atoms with E-state index in [9.17, 15) is 9.59 Å². The fourth-order valence-electron chi connectivity index (χ4n) is 3.43. The van der Waals surface area contributed by atoms with Crippen LogP contribution in [0.2, 0.25) is 5.02 Å². The first-order valence-corrected chi connectivity index (χ1v) is 9.66. The van der Waals surface area contributed by atoms with Crippen molar-refractivity contribution in [3.63, 3.8) is 0 Å². The zero-order valence-electron chi connectivity index (χ0n) is 13.6. The molecule has 1 aliphatic heterocycles. The van der Waals surface area contributed by atoms with Crippen molar-refractivity contribution in [2.24, 2.45) is 5.92 Å². The minimum Gasteiger partial charge on any atom is -0.381 e. The van der Waals surface area contributed by atoms with Crippen LogP contribution in [0.5, 0.6) is 0 Å². The first kappa shape index (κ1) is 16.8. The van der Waals surface area contributed by atoms with Crippen LogP contribution >= 0.6 is 22.9 Å². The third kappa shape index (κ3) is 3.24. The average Bonchev–Trinajstić information content (AvgIpc) is 3.32. The number of nitrogens with one attached hydrogen (secondary N) is 1. The number of hydrogen-bond acceptors (Lipinski definition) is 4. The van der Waals surface area contributed by atoms with Gasteiger partial charge < -0.3 is 10.1 Å².